The maximum atomic E-state index is 13.8. The third-order valence-electron chi connectivity index (χ3n) is 6.33. The first-order valence-electron chi connectivity index (χ1n) is 11.6. The minimum atomic E-state index is -0.253. The van der Waals surface area contributed by atoms with Gasteiger partial charge in [0.05, 0.1) is 5.57 Å². The first-order valence-corrected chi connectivity index (χ1v) is 11.6. The lowest BCUT2D eigenvalue weighted by molar-refractivity contribution is -0.127. The minimum absolute atomic E-state index is 0.0162. The molecule has 1 aromatic carbocycles. The van der Waals surface area contributed by atoms with Gasteiger partial charge in [0.2, 0.25) is 0 Å². The molecule has 2 atom stereocenters. The summed E-state index contributed by atoms with van der Waals surface area (Å²) >= 11 is 0. The lowest BCUT2D eigenvalue weighted by Gasteiger charge is -2.27. The summed E-state index contributed by atoms with van der Waals surface area (Å²) in [6, 6.07) is 4.78. The Bertz CT molecular complexity index is 809. The van der Waals surface area contributed by atoms with Crippen LogP contribution in [0.5, 0.6) is 0 Å². The number of allylic oxidation sites excluding steroid dienone is 2. The van der Waals surface area contributed by atoms with Gasteiger partial charge in [-0.2, -0.15) is 0 Å². The fourth-order valence-corrected chi connectivity index (χ4v) is 3.19. The second-order valence-electron chi connectivity index (χ2n) is 8.68. The smallest absolute Gasteiger partial charge is 0.255 e. The van der Waals surface area contributed by atoms with Crippen molar-refractivity contribution in [3.63, 3.8) is 0 Å². The van der Waals surface area contributed by atoms with Crippen molar-refractivity contribution in [2.24, 2.45) is 16.8 Å². The molecule has 0 heterocycles. The average molecular weight is 429 g/mol. The van der Waals surface area contributed by atoms with Crippen molar-refractivity contribution in [3.05, 3.63) is 58.6 Å². The van der Waals surface area contributed by atoms with Crippen molar-refractivity contribution in [2.75, 3.05) is 6.54 Å². The second kappa shape index (κ2) is 13.2. The molecular formula is C27H41FN2O. The van der Waals surface area contributed by atoms with E-state index in [9.17, 15) is 9.18 Å². The molecule has 1 aromatic rings. The monoisotopic (exact) mass is 428 g/mol. The minimum Gasteiger partial charge on any atom is -0.334 e. The van der Waals surface area contributed by atoms with Crippen LogP contribution in [-0.4, -0.2) is 23.6 Å². The molecule has 4 heteroatoms. The van der Waals surface area contributed by atoms with Crippen molar-refractivity contribution < 1.29 is 9.18 Å². The van der Waals surface area contributed by atoms with Crippen molar-refractivity contribution in [3.8, 4) is 0 Å². The third-order valence-corrected chi connectivity index (χ3v) is 6.33. The highest BCUT2D eigenvalue weighted by Gasteiger charge is 2.22. The van der Waals surface area contributed by atoms with Gasteiger partial charge in [0.15, 0.2) is 0 Å². The number of carbonyl (C=O) groups is 1. The molecule has 0 radical (unpaired) electrons. The molecule has 0 aliphatic rings. The van der Waals surface area contributed by atoms with E-state index in [0.717, 1.165) is 48.1 Å². The molecule has 2 unspecified atom stereocenters. The van der Waals surface area contributed by atoms with Gasteiger partial charge in [0.1, 0.15) is 5.82 Å². The molecule has 0 N–H and O–H groups in total. The summed E-state index contributed by atoms with van der Waals surface area (Å²) in [5.74, 6) is 0.542. The first-order chi connectivity index (χ1) is 14.6. The summed E-state index contributed by atoms with van der Waals surface area (Å²) in [6.45, 7) is 19.6. The fourth-order valence-electron chi connectivity index (χ4n) is 3.19. The number of hydrogen-bond acceptors (Lipinski definition) is 2. The summed E-state index contributed by atoms with van der Waals surface area (Å²) in [4.78, 5) is 20.1. The summed E-state index contributed by atoms with van der Waals surface area (Å²) in [5.41, 5.74) is 4.27. The average Bonchev–Trinajstić information content (AvgIpc) is 2.76. The van der Waals surface area contributed by atoms with Crippen LogP contribution in [0, 0.1) is 24.6 Å². The highest BCUT2D eigenvalue weighted by atomic mass is 19.1. The van der Waals surface area contributed by atoms with Crippen molar-refractivity contribution >= 4 is 12.1 Å². The first kappa shape index (κ1) is 26.8. The molecule has 0 fully saturated rings. The van der Waals surface area contributed by atoms with Crippen LogP contribution < -0.4 is 0 Å². The van der Waals surface area contributed by atoms with Gasteiger partial charge < -0.3 is 4.90 Å². The van der Waals surface area contributed by atoms with Crippen molar-refractivity contribution in [1.82, 2.24) is 4.90 Å². The van der Waals surface area contributed by atoms with E-state index in [1.807, 2.05) is 25.7 Å². The highest BCUT2D eigenvalue weighted by Crippen LogP contribution is 2.22. The zero-order valence-corrected chi connectivity index (χ0v) is 20.6. The van der Waals surface area contributed by atoms with E-state index in [4.69, 9.17) is 0 Å². The van der Waals surface area contributed by atoms with Gasteiger partial charge in [-0.15, -0.1) is 0 Å². The molecule has 0 bridgehead atoms. The van der Waals surface area contributed by atoms with Crippen LogP contribution in [0.25, 0.3) is 0 Å². The normalized spacial score (nSPS) is 14.3. The van der Waals surface area contributed by atoms with Gasteiger partial charge in [0, 0.05) is 25.0 Å². The Hall–Kier alpha value is -2.23. The largest absolute Gasteiger partial charge is 0.334 e. The van der Waals surface area contributed by atoms with Gasteiger partial charge in [0.25, 0.3) is 5.91 Å². The summed E-state index contributed by atoms with van der Waals surface area (Å²) < 4.78 is 13.6. The molecule has 3 nitrogen and oxygen atoms in total. The van der Waals surface area contributed by atoms with Crippen LogP contribution in [0.4, 0.5) is 4.39 Å². The summed E-state index contributed by atoms with van der Waals surface area (Å²) in [5, 5.41) is 0. The fraction of sp³-hybridized carbons (Fsp3) is 0.556. The maximum absolute atomic E-state index is 13.8. The third kappa shape index (κ3) is 8.43. The quantitative estimate of drug-likeness (QED) is 0.255. The van der Waals surface area contributed by atoms with E-state index in [2.05, 4.69) is 39.3 Å². The lowest BCUT2D eigenvalue weighted by Crippen LogP contribution is -2.35. The van der Waals surface area contributed by atoms with E-state index in [0.29, 0.717) is 24.6 Å². The molecule has 31 heavy (non-hydrogen) atoms. The zero-order chi connectivity index (χ0) is 23.6. The van der Waals surface area contributed by atoms with Crippen LogP contribution in [0.1, 0.15) is 78.4 Å². The van der Waals surface area contributed by atoms with Crippen molar-refractivity contribution in [2.45, 2.75) is 80.7 Å². The number of benzene rings is 1. The Labute approximate surface area is 189 Å². The Balaban J connectivity index is 3.36. The van der Waals surface area contributed by atoms with E-state index in [-0.39, 0.29) is 17.6 Å². The standard InChI is InChI=1S/C27H41FN2O/c1-9-19(4)14-15-30(18-24-12-13-25(28)16-21(24)6)27(31)26(17-29-22(7)11-3)23(8)20(5)10-2/h12-13,16-17,19-20H,7,9-11,14-15,18H2,1-6,8H3/b26-23+,29-17-. The second-order valence-corrected chi connectivity index (χ2v) is 8.68. The van der Waals surface area contributed by atoms with Crippen LogP contribution >= 0.6 is 0 Å². The van der Waals surface area contributed by atoms with E-state index in [1.165, 1.54) is 12.1 Å². The van der Waals surface area contributed by atoms with E-state index < -0.39 is 0 Å². The molecule has 0 aliphatic carbocycles. The topological polar surface area (TPSA) is 32.7 Å². The van der Waals surface area contributed by atoms with Gasteiger partial charge in [-0.1, -0.05) is 59.3 Å². The Morgan fingerprint density at radius 1 is 1.23 bits per heavy atom. The Kier molecular flexibility index (Phi) is 11.4. The number of carbonyl (C=O) groups excluding carboxylic acids is 1. The molecule has 0 saturated heterocycles. The molecule has 1 amide bonds. The summed E-state index contributed by atoms with van der Waals surface area (Å²) in [7, 11) is 0. The maximum Gasteiger partial charge on any atom is 0.255 e. The molecule has 0 aromatic heterocycles. The zero-order valence-electron chi connectivity index (χ0n) is 20.6. The van der Waals surface area contributed by atoms with E-state index >= 15 is 0 Å². The number of aliphatic imine (C=N–C) groups is 1. The number of halogens is 1. The molecular weight excluding hydrogens is 387 g/mol. The highest BCUT2D eigenvalue weighted by molar-refractivity contribution is 6.13. The molecule has 0 saturated carbocycles. The Morgan fingerprint density at radius 2 is 1.90 bits per heavy atom. The van der Waals surface area contributed by atoms with Crippen molar-refractivity contribution in [1.29, 1.82) is 0 Å². The number of amides is 1. The summed E-state index contributed by atoms with van der Waals surface area (Å²) in [6.07, 6.45) is 5.40. The SMILES string of the molecule is C=C(CC)/N=C\C(C(=O)N(CCC(C)CC)Cc1ccc(F)cc1C)=C(\C)C(C)CC. The van der Waals surface area contributed by atoms with Gasteiger partial charge >= 0.3 is 0 Å². The number of aryl methyl sites for hydroxylation is 1. The molecule has 172 valence electrons. The van der Waals surface area contributed by atoms with Gasteiger partial charge in [-0.05, 0) is 68.2 Å². The van der Waals surface area contributed by atoms with Crippen LogP contribution in [0.2, 0.25) is 0 Å². The Morgan fingerprint density at radius 3 is 2.45 bits per heavy atom. The van der Waals surface area contributed by atoms with Crippen LogP contribution in [0.3, 0.4) is 0 Å². The van der Waals surface area contributed by atoms with Gasteiger partial charge in [-0.3, -0.25) is 9.79 Å². The number of rotatable bonds is 12. The molecule has 0 aliphatic heterocycles. The van der Waals surface area contributed by atoms with Crippen LogP contribution in [-0.2, 0) is 11.3 Å². The number of nitrogens with zero attached hydrogens (tertiary/aromatic N) is 2. The van der Waals surface area contributed by atoms with Crippen LogP contribution in [0.15, 0.2) is 46.6 Å². The molecule has 1 rings (SSSR count). The molecule has 0 spiro atoms. The predicted molar refractivity (Wildman–Crippen MR) is 131 cm³/mol. The number of hydrogen-bond donors (Lipinski definition) is 0. The van der Waals surface area contributed by atoms with E-state index in [1.54, 1.807) is 12.3 Å². The lowest BCUT2D eigenvalue weighted by atomic mass is 9.94. The van der Waals surface area contributed by atoms with Gasteiger partial charge in [-0.25, -0.2) is 4.39 Å². The predicted octanol–water partition coefficient (Wildman–Crippen LogP) is 7.26.